The van der Waals surface area contributed by atoms with Crippen LogP contribution >= 0.6 is 15.9 Å². The molecule has 1 atom stereocenters. The Morgan fingerprint density at radius 1 is 1.55 bits per heavy atom. The smallest absolute Gasteiger partial charge is 0.316 e. The maximum absolute atomic E-state index is 10.8. The predicted octanol–water partition coefficient (Wildman–Crippen LogP) is 2.36. The highest BCUT2D eigenvalue weighted by atomic mass is 79.9. The van der Waals surface area contributed by atoms with Gasteiger partial charge in [0.1, 0.15) is 11.4 Å². The van der Waals surface area contributed by atoms with Crippen molar-refractivity contribution in [2.75, 3.05) is 5.33 Å². The maximum atomic E-state index is 10.8. The molecule has 0 saturated heterocycles. The van der Waals surface area contributed by atoms with Gasteiger partial charge in [-0.25, -0.2) is 0 Å². The van der Waals surface area contributed by atoms with Crippen LogP contribution in [-0.2, 0) is 9.53 Å². The summed E-state index contributed by atoms with van der Waals surface area (Å²) in [4.78, 5) is 10.8. The summed E-state index contributed by atoms with van der Waals surface area (Å²) < 4.78 is 5.08. The van der Waals surface area contributed by atoms with Gasteiger partial charge >= 0.3 is 5.97 Å². The molecule has 0 saturated carbocycles. The molecule has 0 aromatic rings. The Kier molecular flexibility index (Phi) is 4.08. The van der Waals surface area contributed by atoms with E-state index >= 15 is 0 Å². The third-order valence-electron chi connectivity index (χ3n) is 1.64. The fourth-order valence-corrected chi connectivity index (χ4v) is 0.538. The van der Waals surface area contributed by atoms with Gasteiger partial charge in [-0.15, -0.1) is 0 Å². The molecule has 0 fully saturated rings. The Labute approximate surface area is 76.4 Å². The van der Waals surface area contributed by atoms with E-state index in [9.17, 15) is 4.79 Å². The van der Waals surface area contributed by atoms with Gasteiger partial charge in [0.15, 0.2) is 0 Å². The van der Waals surface area contributed by atoms with Gasteiger partial charge in [-0.05, 0) is 12.3 Å². The highest BCUT2D eigenvalue weighted by Crippen LogP contribution is 2.21. The van der Waals surface area contributed by atoms with Gasteiger partial charge in [-0.1, -0.05) is 36.7 Å². The number of carbonyl (C=O) groups excluding carboxylic acids is 1. The van der Waals surface area contributed by atoms with Gasteiger partial charge in [0.05, 0.1) is 0 Å². The second kappa shape index (κ2) is 4.10. The van der Waals surface area contributed by atoms with Crippen molar-refractivity contribution in [3.63, 3.8) is 0 Å². The number of alkyl halides is 1. The van der Waals surface area contributed by atoms with Crippen molar-refractivity contribution in [1.29, 1.82) is 0 Å². The maximum Gasteiger partial charge on any atom is 0.316 e. The van der Waals surface area contributed by atoms with E-state index in [2.05, 4.69) is 15.9 Å². The molecule has 0 N–H and O–H groups in total. The Bertz CT molecular complexity index is 138. The molecular weight excluding hydrogens is 208 g/mol. The standard InChI is InChI=1S/C8H15BrO2/c1-6(8(2,3)4)11-7(10)5-9/h6H,5H2,1-4H3. The van der Waals surface area contributed by atoms with Crippen LogP contribution in [0.5, 0.6) is 0 Å². The SMILES string of the molecule is CC(OC(=O)CBr)C(C)(C)C. The molecule has 3 heteroatoms. The van der Waals surface area contributed by atoms with Crippen LogP contribution in [0.4, 0.5) is 0 Å². The minimum atomic E-state index is -0.201. The van der Waals surface area contributed by atoms with E-state index in [0.717, 1.165) is 0 Å². The van der Waals surface area contributed by atoms with Crippen LogP contribution in [0.1, 0.15) is 27.7 Å². The van der Waals surface area contributed by atoms with Crippen molar-refractivity contribution in [2.24, 2.45) is 5.41 Å². The predicted molar refractivity (Wildman–Crippen MR) is 48.8 cm³/mol. The lowest BCUT2D eigenvalue weighted by atomic mass is 9.90. The number of esters is 1. The molecule has 0 aliphatic rings. The molecule has 0 aromatic carbocycles. The molecule has 1 unspecified atom stereocenters. The number of rotatable bonds is 2. The monoisotopic (exact) mass is 222 g/mol. The summed E-state index contributed by atoms with van der Waals surface area (Å²) in [6.45, 7) is 8.03. The fraction of sp³-hybridized carbons (Fsp3) is 0.875. The first kappa shape index (κ1) is 11.0. The fourth-order valence-electron chi connectivity index (χ4n) is 0.405. The van der Waals surface area contributed by atoms with Crippen LogP contribution in [-0.4, -0.2) is 17.4 Å². The van der Waals surface area contributed by atoms with Crippen LogP contribution in [0.15, 0.2) is 0 Å². The van der Waals surface area contributed by atoms with Crippen LogP contribution in [0.2, 0.25) is 0 Å². The highest BCUT2D eigenvalue weighted by molar-refractivity contribution is 9.09. The number of hydrogen-bond acceptors (Lipinski definition) is 2. The van der Waals surface area contributed by atoms with Gasteiger partial charge in [-0.3, -0.25) is 4.79 Å². The van der Waals surface area contributed by atoms with Gasteiger partial charge in [0, 0.05) is 0 Å². The second-order valence-electron chi connectivity index (χ2n) is 3.63. The lowest BCUT2D eigenvalue weighted by Crippen LogP contribution is -2.29. The zero-order valence-corrected chi connectivity index (χ0v) is 9.06. The first-order valence-corrected chi connectivity index (χ1v) is 4.75. The lowest BCUT2D eigenvalue weighted by Gasteiger charge is -2.26. The van der Waals surface area contributed by atoms with E-state index in [1.165, 1.54) is 0 Å². The van der Waals surface area contributed by atoms with E-state index in [1.807, 2.05) is 27.7 Å². The summed E-state index contributed by atoms with van der Waals surface area (Å²) in [7, 11) is 0. The summed E-state index contributed by atoms with van der Waals surface area (Å²) >= 11 is 3.04. The number of halogens is 1. The molecule has 0 spiro atoms. The summed E-state index contributed by atoms with van der Waals surface area (Å²) in [6, 6.07) is 0. The molecule has 0 aromatic heterocycles. The lowest BCUT2D eigenvalue weighted by molar-refractivity contribution is -0.149. The van der Waals surface area contributed by atoms with Crippen molar-refractivity contribution in [3.05, 3.63) is 0 Å². The van der Waals surface area contributed by atoms with E-state index < -0.39 is 0 Å². The van der Waals surface area contributed by atoms with E-state index in [0.29, 0.717) is 0 Å². The third-order valence-corrected chi connectivity index (χ3v) is 2.09. The molecule has 0 rings (SSSR count). The van der Waals surface area contributed by atoms with Gasteiger partial charge in [0.2, 0.25) is 0 Å². The van der Waals surface area contributed by atoms with Crippen LogP contribution in [0, 0.1) is 5.41 Å². The molecule has 66 valence electrons. The van der Waals surface area contributed by atoms with Crippen LogP contribution < -0.4 is 0 Å². The summed E-state index contributed by atoms with van der Waals surface area (Å²) in [5, 5.41) is 0.271. The Morgan fingerprint density at radius 2 is 2.00 bits per heavy atom. The Balaban J connectivity index is 3.87. The minimum Gasteiger partial charge on any atom is -0.461 e. The van der Waals surface area contributed by atoms with Crippen LogP contribution in [0.3, 0.4) is 0 Å². The zero-order valence-electron chi connectivity index (χ0n) is 7.48. The van der Waals surface area contributed by atoms with Crippen LogP contribution in [0.25, 0.3) is 0 Å². The average molecular weight is 223 g/mol. The largest absolute Gasteiger partial charge is 0.461 e. The number of ether oxygens (including phenoxy) is 1. The topological polar surface area (TPSA) is 26.3 Å². The first-order chi connectivity index (χ1) is 4.88. The first-order valence-electron chi connectivity index (χ1n) is 3.63. The van der Waals surface area contributed by atoms with E-state index in [4.69, 9.17) is 4.74 Å². The quantitative estimate of drug-likeness (QED) is 0.530. The molecule has 0 heterocycles. The van der Waals surface area contributed by atoms with Gasteiger partial charge in [0.25, 0.3) is 0 Å². The minimum absolute atomic E-state index is 0.0256. The van der Waals surface area contributed by atoms with Gasteiger partial charge < -0.3 is 4.74 Å². The summed E-state index contributed by atoms with van der Waals surface area (Å²) in [5.41, 5.74) is 0.0256. The molecule has 0 amide bonds. The molecular formula is C8H15BrO2. The molecule has 0 radical (unpaired) electrons. The van der Waals surface area contributed by atoms with Crippen molar-refractivity contribution < 1.29 is 9.53 Å². The molecule has 2 nitrogen and oxygen atoms in total. The Hall–Kier alpha value is -0.0500. The van der Waals surface area contributed by atoms with Crippen molar-refractivity contribution in [1.82, 2.24) is 0 Å². The second-order valence-corrected chi connectivity index (χ2v) is 4.19. The van der Waals surface area contributed by atoms with E-state index in [1.54, 1.807) is 0 Å². The molecule has 0 aliphatic heterocycles. The molecule has 11 heavy (non-hydrogen) atoms. The normalized spacial score (nSPS) is 14.3. The number of hydrogen-bond donors (Lipinski definition) is 0. The Morgan fingerprint density at radius 3 is 2.27 bits per heavy atom. The van der Waals surface area contributed by atoms with Crippen molar-refractivity contribution in [2.45, 2.75) is 33.8 Å². The third kappa shape index (κ3) is 4.40. The molecule has 0 aliphatic carbocycles. The van der Waals surface area contributed by atoms with Crippen molar-refractivity contribution >= 4 is 21.9 Å². The number of carbonyl (C=O) groups is 1. The zero-order chi connectivity index (χ0) is 9.07. The van der Waals surface area contributed by atoms with Crippen molar-refractivity contribution in [3.8, 4) is 0 Å². The highest BCUT2D eigenvalue weighted by Gasteiger charge is 2.22. The van der Waals surface area contributed by atoms with E-state index in [-0.39, 0.29) is 22.8 Å². The summed E-state index contributed by atoms with van der Waals surface area (Å²) in [6.07, 6.45) is -0.0347. The van der Waals surface area contributed by atoms with Gasteiger partial charge in [-0.2, -0.15) is 0 Å². The average Bonchev–Trinajstić information content (AvgIpc) is 1.85. The molecule has 0 bridgehead atoms. The summed E-state index contributed by atoms with van der Waals surface area (Å²) in [5.74, 6) is -0.201.